The van der Waals surface area contributed by atoms with Crippen molar-refractivity contribution in [2.75, 3.05) is 13.7 Å². The Hall–Kier alpha value is -2.36. The minimum atomic E-state index is 0.0927. The van der Waals surface area contributed by atoms with Gasteiger partial charge >= 0.3 is 0 Å². The molecule has 0 N–H and O–H groups in total. The Labute approximate surface area is 137 Å². The van der Waals surface area contributed by atoms with Gasteiger partial charge in [0.15, 0.2) is 0 Å². The van der Waals surface area contributed by atoms with Gasteiger partial charge in [-0.15, -0.1) is 0 Å². The summed E-state index contributed by atoms with van der Waals surface area (Å²) in [5, 5.41) is 0. The lowest BCUT2D eigenvalue weighted by atomic mass is 10.00. The van der Waals surface area contributed by atoms with E-state index in [-0.39, 0.29) is 11.9 Å². The first kappa shape index (κ1) is 15.5. The van der Waals surface area contributed by atoms with Crippen molar-refractivity contribution in [1.29, 1.82) is 0 Å². The van der Waals surface area contributed by atoms with Crippen molar-refractivity contribution in [3.05, 3.63) is 59.9 Å². The molecule has 1 aromatic heterocycles. The van der Waals surface area contributed by atoms with Gasteiger partial charge in [-0.3, -0.25) is 9.78 Å². The van der Waals surface area contributed by atoms with Crippen molar-refractivity contribution in [3.63, 3.8) is 0 Å². The van der Waals surface area contributed by atoms with Crippen molar-refractivity contribution in [1.82, 2.24) is 9.88 Å². The second-order valence-corrected chi connectivity index (χ2v) is 5.87. The van der Waals surface area contributed by atoms with Crippen molar-refractivity contribution >= 4 is 5.91 Å². The van der Waals surface area contributed by atoms with Crippen LogP contribution in [0.5, 0.6) is 5.75 Å². The van der Waals surface area contributed by atoms with Crippen LogP contribution in [0, 0.1) is 0 Å². The molecule has 3 rings (SSSR count). The minimum absolute atomic E-state index is 0.0927. The van der Waals surface area contributed by atoms with Crippen molar-refractivity contribution in [2.45, 2.75) is 31.7 Å². The number of methoxy groups -OCH3 is 1. The summed E-state index contributed by atoms with van der Waals surface area (Å²) >= 11 is 0. The summed E-state index contributed by atoms with van der Waals surface area (Å²) in [6, 6.07) is 11.8. The van der Waals surface area contributed by atoms with Crippen molar-refractivity contribution in [2.24, 2.45) is 0 Å². The Morgan fingerprint density at radius 3 is 2.52 bits per heavy atom. The molecule has 0 spiro atoms. The highest BCUT2D eigenvalue weighted by Crippen LogP contribution is 2.32. The summed E-state index contributed by atoms with van der Waals surface area (Å²) in [7, 11) is 1.67. The molecule has 4 nitrogen and oxygen atoms in total. The number of carbonyl (C=O) groups excluding carboxylic acids is 1. The van der Waals surface area contributed by atoms with E-state index in [0.717, 1.165) is 31.6 Å². The lowest BCUT2D eigenvalue weighted by Crippen LogP contribution is -2.34. The molecule has 0 saturated carbocycles. The SMILES string of the molecule is COc1ccc(C2CCCCCN2C(=O)c2ccncc2)cc1. The van der Waals surface area contributed by atoms with Crippen LogP contribution >= 0.6 is 0 Å². The van der Waals surface area contributed by atoms with Gasteiger partial charge in [0.2, 0.25) is 0 Å². The van der Waals surface area contributed by atoms with E-state index in [1.165, 1.54) is 12.0 Å². The number of hydrogen-bond acceptors (Lipinski definition) is 3. The molecule has 1 saturated heterocycles. The highest BCUT2D eigenvalue weighted by Gasteiger charge is 2.27. The van der Waals surface area contributed by atoms with E-state index in [9.17, 15) is 4.79 Å². The predicted octanol–water partition coefficient (Wildman–Crippen LogP) is 3.85. The molecular formula is C19H22N2O2. The largest absolute Gasteiger partial charge is 0.497 e. The number of ether oxygens (including phenoxy) is 1. The van der Waals surface area contributed by atoms with Gasteiger partial charge in [-0.25, -0.2) is 0 Å². The van der Waals surface area contributed by atoms with Gasteiger partial charge in [0.1, 0.15) is 5.75 Å². The lowest BCUT2D eigenvalue weighted by molar-refractivity contribution is 0.0681. The number of nitrogens with zero attached hydrogens (tertiary/aromatic N) is 2. The first-order chi connectivity index (χ1) is 11.3. The number of likely N-dealkylation sites (tertiary alicyclic amines) is 1. The molecule has 1 unspecified atom stereocenters. The highest BCUT2D eigenvalue weighted by atomic mass is 16.5. The van der Waals surface area contributed by atoms with Crippen LogP contribution in [0.2, 0.25) is 0 Å². The van der Waals surface area contributed by atoms with Crippen LogP contribution < -0.4 is 4.74 Å². The van der Waals surface area contributed by atoms with Gasteiger partial charge in [-0.2, -0.15) is 0 Å². The Bertz CT molecular complexity index is 640. The fourth-order valence-corrected chi connectivity index (χ4v) is 3.18. The molecule has 120 valence electrons. The summed E-state index contributed by atoms with van der Waals surface area (Å²) in [6.07, 6.45) is 7.73. The van der Waals surface area contributed by atoms with E-state index in [0.29, 0.717) is 5.56 Å². The van der Waals surface area contributed by atoms with Gasteiger partial charge < -0.3 is 9.64 Å². The van der Waals surface area contributed by atoms with Gasteiger partial charge in [0.05, 0.1) is 13.2 Å². The molecule has 4 heteroatoms. The van der Waals surface area contributed by atoms with Crippen LogP contribution in [0.15, 0.2) is 48.8 Å². The fourth-order valence-electron chi connectivity index (χ4n) is 3.18. The lowest BCUT2D eigenvalue weighted by Gasteiger charge is -2.30. The maximum atomic E-state index is 12.9. The van der Waals surface area contributed by atoms with Crippen molar-refractivity contribution in [3.8, 4) is 5.75 Å². The number of carbonyl (C=O) groups is 1. The normalized spacial score (nSPS) is 18.3. The monoisotopic (exact) mass is 310 g/mol. The number of benzene rings is 1. The molecule has 1 aliphatic heterocycles. The summed E-state index contributed by atoms with van der Waals surface area (Å²) in [5.41, 5.74) is 1.88. The van der Waals surface area contributed by atoms with Crippen LogP contribution in [0.1, 0.15) is 47.6 Å². The Morgan fingerprint density at radius 1 is 1.09 bits per heavy atom. The predicted molar refractivity (Wildman–Crippen MR) is 89.5 cm³/mol. The number of rotatable bonds is 3. The van der Waals surface area contributed by atoms with Crippen LogP contribution in [0.3, 0.4) is 0 Å². The zero-order chi connectivity index (χ0) is 16.1. The Kier molecular flexibility index (Phi) is 4.91. The summed E-state index contributed by atoms with van der Waals surface area (Å²) in [5.74, 6) is 0.935. The molecule has 1 aliphatic rings. The third-order valence-corrected chi connectivity index (χ3v) is 4.44. The zero-order valence-electron chi connectivity index (χ0n) is 13.4. The molecule has 23 heavy (non-hydrogen) atoms. The smallest absolute Gasteiger partial charge is 0.254 e. The molecule has 0 aliphatic carbocycles. The van der Waals surface area contributed by atoms with Gasteiger partial charge in [-0.1, -0.05) is 25.0 Å². The van der Waals surface area contributed by atoms with E-state index in [1.54, 1.807) is 31.6 Å². The molecule has 0 bridgehead atoms. The second-order valence-electron chi connectivity index (χ2n) is 5.87. The molecule has 2 heterocycles. The minimum Gasteiger partial charge on any atom is -0.497 e. The average molecular weight is 310 g/mol. The second kappa shape index (κ2) is 7.27. The van der Waals surface area contributed by atoms with Crippen LogP contribution in [0.25, 0.3) is 0 Å². The molecule has 2 aromatic rings. The maximum absolute atomic E-state index is 12.9. The average Bonchev–Trinajstić information content (AvgIpc) is 2.88. The standard InChI is InChI=1S/C19H22N2O2/c1-23-17-8-6-15(7-9-17)18-5-3-2-4-14-21(18)19(22)16-10-12-20-13-11-16/h6-13,18H,2-5,14H2,1H3. The van der Waals surface area contributed by atoms with Crippen LogP contribution in [-0.2, 0) is 0 Å². The molecule has 1 fully saturated rings. The fraction of sp³-hybridized carbons (Fsp3) is 0.368. The third-order valence-electron chi connectivity index (χ3n) is 4.44. The van der Waals surface area contributed by atoms with E-state index in [2.05, 4.69) is 17.1 Å². The third kappa shape index (κ3) is 3.52. The first-order valence-electron chi connectivity index (χ1n) is 8.14. The molecular weight excluding hydrogens is 288 g/mol. The van der Waals surface area contributed by atoms with Crippen molar-refractivity contribution < 1.29 is 9.53 Å². The maximum Gasteiger partial charge on any atom is 0.254 e. The summed E-state index contributed by atoms with van der Waals surface area (Å²) in [6.45, 7) is 0.803. The zero-order valence-corrected chi connectivity index (χ0v) is 13.4. The number of aromatic nitrogens is 1. The Balaban J connectivity index is 1.89. The summed E-state index contributed by atoms with van der Waals surface area (Å²) < 4.78 is 5.24. The topological polar surface area (TPSA) is 42.4 Å². The van der Waals surface area contributed by atoms with E-state index in [1.807, 2.05) is 17.0 Å². The summed E-state index contributed by atoms with van der Waals surface area (Å²) in [4.78, 5) is 19.0. The van der Waals surface area contributed by atoms with E-state index in [4.69, 9.17) is 4.74 Å². The van der Waals surface area contributed by atoms with Gasteiger partial charge in [-0.05, 0) is 42.7 Å². The van der Waals surface area contributed by atoms with E-state index < -0.39 is 0 Å². The van der Waals surface area contributed by atoms with Gasteiger partial charge in [0.25, 0.3) is 5.91 Å². The first-order valence-corrected chi connectivity index (χ1v) is 8.14. The molecule has 1 amide bonds. The van der Waals surface area contributed by atoms with E-state index >= 15 is 0 Å². The Morgan fingerprint density at radius 2 is 1.83 bits per heavy atom. The number of hydrogen-bond donors (Lipinski definition) is 0. The van der Waals surface area contributed by atoms with Crippen LogP contribution in [-0.4, -0.2) is 29.4 Å². The van der Waals surface area contributed by atoms with Crippen LogP contribution in [0.4, 0.5) is 0 Å². The highest BCUT2D eigenvalue weighted by molar-refractivity contribution is 5.94. The molecule has 1 atom stereocenters. The number of amides is 1. The molecule has 0 radical (unpaired) electrons. The quantitative estimate of drug-likeness (QED) is 0.865. The number of pyridine rings is 1. The molecule has 1 aromatic carbocycles. The van der Waals surface area contributed by atoms with Gasteiger partial charge in [0, 0.05) is 24.5 Å².